The molecule has 0 spiro atoms. The van der Waals surface area contributed by atoms with Gasteiger partial charge in [-0.1, -0.05) is 24.3 Å². The number of para-hydroxylation sites is 2. The molecule has 0 radical (unpaired) electrons. The van der Waals surface area contributed by atoms with Crippen LogP contribution >= 0.6 is 0 Å². The monoisotopic (exact) mass is 473 g/mol. The van der Waals surface area contributed by atoms with Gasteiger partial charge in [0, 0.05) is 38.6 Å². The molecule has 1 fully saturated rings. The Morgan fingerprint density at radius 1 is 1.03 bits per heavy atom. The van der Waals surface area contributed by atoms with Gasteiger partial charge in [-0.3, -0.25) is 14.6 Å². The van der Waals surface area contributed by atoms with Gasteiger partial charge in [-0.15, -0.1) is 0 Å². The van der Waals surface area contributed by atoms with Crippen LogP contribution in [-0.4, -0.2) is 49.9 Å². The van der Waals surface area contributed by atoms with E-state index in [-0.39, 0.29) is 19.1 Å². The molecular weight excluding hydrogens is 446 g/mol. The van der Waals surface area contributed by atoms with Crippen molar-refractivity contribution < 1.29 is 23.8 Å². The van der Waals surface area contributed by atoms with Crippen LogP contribution in [0.15, 0.2) is 67.0 Å². The van der Waals surface area contributed by atoms with Crippen molar-refractivity contribution in [3.63, 3.8) is 0 Å². The van der Waals surface area contributed by atoms with E-state index in [9.17, 15) is 9.59 Å². The molecule has 0 N–H and O–H groups in total. The van der Waals surface area contributed by atoms with Gasteiger partial charge in [0.25, 0.3) is 5.91 Å². The van der Waals surface area contributed by atoms with E-state index in [4.69, 9.17) is 14.2 Å². The second-order valence-electron chi connectivity index (χ2n) is 8.59. The van der Waals surface area contributed by atoms with Crippen LogP contribution in [-0.2, 0) is 20.7 Å². The van der Waals surface area contributed by atoms with E-state index in [0.717, 1.165) is 23.5 Å². The highest BCUT2D eigenvalue weighted by atomic mass is 16.7. The Kier molecular flexibility index (Phi) is 6.63. The molecule has 1 aliphatic carbocycles. The highest BCUT2D eigenvalue weighted by molar-refractivity contribution is 6.09. The molecule has 1 saturated carbocycles. The molecule has 8 heteroatoms. The quantitative estimate of drug-likeness (QED) is 0.358. The summed E-state index contributed by atoms with van der Waals surface area (Å²) in [7, 11) is 1.46. The number of amides is 1. The summed E-state index contributed by atoms with van der Waals surface area (Å²) in [5.41, 5.74) is 3.11. The predicted octanol–water partition coefficient (Wildman–Crippen LogP) is 4.19. The predicted molar refractivity (Wildman–Crippen MR) is 131 cm³/mol. The number of anilines is 2. The zero-order valence-electron chi connectivity index (χ0n) is 19.6. The van der Waals surface area contributed by atoms with E-state index in [1.54, 1.807) is 41.6 Å². The van der Waals surface area contributed by atoms with Crippen LogP contribution in [0.4, 0.5) is 11.4 Å². The first-order chi connectivity index (χ1) is 17.1. The fourth-order valence-electron chi connectivity index (χ4n) is 4.33. The first kappa shape index (κ1) is 22.9. The number of carbonyl (C=O) groups excluding carboxylic acids is 2. The topological polar surface area (TPSA) is 81.2 Å². The normalized spacial score (nSPS) is 14.9. The third-order valence-corrected chi connectivity index (χ3v) is 6.10. The molecule has 0 atom stereocenters. The third kappa shape index (κ3) is 5.12. The first-order valence-corrected chi connectivity index (χ1v) is 11.7. The molecule has 35 heavy (non-hydrogen) atoms. The van der Waals surface area contributed by atoms with E-state index in [0.29, 0.717) is 29.6 Å². The Hall–Kier alpha value is -3.91. The standard InChI is InChI=1S/C27H27N3O5/c1-33-18-34-26(31)16-19-5-4-6-21(15-19)35-25-11-12-28-17-22(25)27(32)30-14-13-29(20-9-10-20)23-7-2-3-8-24(23)30/h2-8,11-12,15,17,20H,9-10,13-14,16,18H2,1H3. The van der Waals surface area contributed by atoms with E-state index in [1.807, 2.05) is 24.3 Å². The van der Waals surface area contributed by atoms with E-state index >= 15 is 0 Å². The molecule has 0 bridgehead atoms. The third-order valence-electron chi connectivity index (χ3n) is 6.10. The summed E-state index contributed by atoms with van der Waals surface area (Å²) in [6.07, 6.45) is 5.62. The van der Waals surface area contributed by atoms with Crippen molar-refractivity contribution in [3.05, 3.63) is 78.1 Å². The lowest BCUT2D eigenvalue weighted by molar-refractivity contribution is -0.153. The number of pyridine rings is 1. The molecule has 5 rings (SSSR count). The second kappa shape index (κ2) is 10.1. The number of esters is 1. The summed E-state index contributed by atoms with van der Waals surface area (Å²) in [6, 6.07) is 17.4. The van der Waals surface area contributed by atoms with Gasteiger partial charge >= 0.3 is 5.97 Å². The molecule has 1 amide bonds. The first-order valence-electron chi connectivity index (χ1n) is 11.7. The molecule has 2 heterocycles. The van der Waals surface area contributed by atoms with Crippen molar-refractivity contribution in [2.24, 2.45) is 0 Å². The van der Waals surface area contributed by atoms with Crippen LogP contribution in [0.2, 0.25) is 0 Å². The number of benzene rings is 2. The minimum absolute atomic E-state index is 0.0877. The van der Waals surface area contributed by atoms with Crippen LogP contribution in [0.1, 0.15) is 28.8 Å². The van der Waals surface area contributed by atoms with Crippen LogP contribution in [0.25, 0.3) is 0 Å². The molecule has 2 aliphatic rings. The smallest absolute Gasteiger partial charge is 0.312 e. The van der Waals surface area contributed by atoms with Gasteiger partial charge in [0.05, 0.1) is 17.8 Å². The number of nitrogens with zero attached hydrogens (tertiary/aromatic N) is 3. The van der Waals surface area contributed by atoms with Crippen molar-refractivity contribution in [1.29, 1.82) is 0 Å². The zero-order valence-corrected chi connectivity index (χ0v) is 19.6. The van der Waals surface area contributed by atoms with Crippen molar-refractivity contribution in [2.75, 3.05) is 36.8 Å². The maximum Gasteiger partial charge on any atom is 0.312 e. The minimum atomic E-state index is -0.396. The highest BCUT2D eigenvalue weighted by Crippen LogP contribution is 2.40. The van der Waals surface area contributed by atoms with E-state index < -0.39 is 5.97 Å². The summed E-state index contributed by atoms with van der Waals surface area (Å²) in [5.74, 6) is 0.371. The Morgan fingerprint density at radius 2 is 1.86 bits per heavy atom. The average Bonchev–Trinajstić information content (AvgIpc) is 3.72. The fourth-order valence-corrected chi connectivity index (χ4v) is 4.33. The molecule has 1 aliphatic heterocycles. The summed E-state index contributed by atoms with van der Waals surface area (Å²) in [4.78, 5) is 34.0. The Morgan fingerprint density at radius 3 is 2.66 bits per heavy atom. The van der Waals surface area contributed by atoms with E-state index in [2.05, 4.69) is 16.0 Å². The van der Waals surface area contributed by atoms with Crippen LogP contribution < -0.4 is 14.5 Å². The molecular formula is C27H27N3O5. The Labute approximate surface area is 204 Å². The summed E-state index contributed by atoms with van der Waals surface area (Å²) in [5, 5.41) is 0. The summed E-state index contributed by atoms with van der Waals surface area (Å²) < 4.78 is 15.8. The Balaban J connectivity index is 1.36. The molecule has 8 nitrogen and oxygen atoms in total. The van der Waals surface area contributed by atoms with Gasteiger partial charge in [0.2, 0.25) is 0 Å². The van der Waals surface area contributed by atoms with Gasteiger partial charge in [-0.2, -0.15) is 0 Å². The number of rotatable bonds is 8. The molecule has 3 aromatic rings. The fraction of sp³-hybridized carbons (Fsp3) is 0.296. The lowest BCUT2D eigenvalue weighted by atomic mass is 10.1. The van der Waals surface area contributed by atoms with Crippen molar-refractivity contribution in [1.82, 2.24) is 4.98 Å². The molecule has 0 saturated heterocycles. The number of hydrogen-bond acceptors (Lipinski definition) is 7. The number of methoxy groups -OCH3 is 1. The maximum atomic E-state index is 13.7. The van der Waals surface area contributed by atoms with Gasteiger partial charge in [0.15, 0.2) is 6.79 Å². The van der Waals surface area contributed by atoms with E-state index in [1.165, 1.54) is 20.0 Å². The molecule has 0 unspecified atom stereocenters. The number of fused-ring (bicyclic) bond motifs is 1. The number of ether oxygens (including phenoxy) is 3. The van der Waals surface area contributed by atoms with Gasteiger partial charge in [-0.25, -0.2) is 0 Å². The average molecular weight is 474 g/mol. The van der Waals surface area contributed by atoms with Crippen LogP contribution in [0, 0.1) is 0 Å². The number of carbonyl (C=O) groups is 2. The van der Waals surface area contributed by atoms with Crippen LogP contribution in [0.3, 0.4) is 0 Å². The highest BCUT2D eigenvalue weighted by Gasteiger charge is 2.36. The largest absolute Gasteiger partial charge is 0.456 e. The second-order valence-corrected chi connectivity index (χ2v) is 8.59. The number of hydrogen-bond donors (Lipinski definition) is 0. The van der Waals surface area contributed by atoms with Gasteiger partial charge in [-0.05, 0) is 48.7 Å². The summed E-state index contributed by atoms with van der Waals surface area (Å²) >= 11 is 0. The molecule has 180 valence electrons. The SMILES string of the molecule is COCOC(=O)Cc1cccc(Oc2ccncc2C(=O)N2CCN(C3CC3)c3ccccc32)c1. The molecule has 1 aromatic heterocycles. The van der Waals surface area contributed by atoms with Crippen molar-refractivity contribution in [2.45, 2.75) is 25.3 Å². The zero-order chi connectivity index (χ0) is 24.2. The summed E-state index contributed by atoms with van der Waals surface area (Å²) in [6.45, 7) is 1.31. The van der Waals surface area contributed by atoms with Crippen LogP contribution in [0.5, 0.6) is 11.5 Å². The van der Waals surface area contributed by atoms with Gasteiger partial charge < -0.3 is 24.0 Å². The van der Waals surface area contributed by atoms with Crippen molar-refractivity contribution in [3.8, 4) is 11.5 Å². The Bertz CT molecular complexity index is 1230. The van der Waals surface area contributed by atoms with Crippen molar-refractivity contribution >= 4 is 23.3 Å². The minimum Gasteiger partial charge on any atom is -0.456 e. The van der Waals surface area contributed by atoms with Gasteiger partial charge in [0.1, 0.15) is 17.1 Å². The maximum absolute atomic E-state index is 13.7. The molecule has 2 aromatic carbocycles. The lowest BCUT2D eigenvalue weighted by Gasteiger charge is -2.38. The lowest BCUT2D eigenvalue weighted by Crippen LogP contribution is -2.45. The number of aromatic nitrogens is 1.